The largest absolute Gasteiger partial charge is 0.495 e. The molecule has 6 heteroatoms. The number of nitrogens with zero attached hydrogens (tertiary/aromatic N) is 2. The van der Waals surface area contributed by atoms with Crippen molar-refractivity contribution in [1.29, 1.82) is 5.26 Å². The van der Waals surface area contributed by atoms with Crippen LogP contribution in [0.3, 0.4) is 0 Å². The fourth-order valence-corrected chi connectivity index (χ4v) is 1.73. The summed E-state index contributed by atoms with van der Waals surface area (Å²) in [5.41, 5.74) is 10.3. The lowest BCUT2D eigenvalue weighted by Gasteiger charge is -2.06. The summed E-state index contributed by atoms with van der Waals surface area (Å²) in [5, 5.41) is 12.6. The molecule has 0 bridgehead atoms. The molecule has 0 aromatic heterocycles. The Labute approximate surface area is 127 Å². The summed E-state index contributed by atoms with van der Waals surface area (Å²) >= 11 is 0. The maximum Gasteiger partial charge on any atom is 0.271 e. The van der Waals surface area contributed by atoms with E-state index >= 15 is 0 Å². The van der Waals surface area contributed by atoms with Crippen LogP contribution in [0.5, 0.6) is 5.75 Å². The summed E-state index contributed by atoms with van der Waals surface area (Å²) in [6, 6.07) is 13.6. The molecule has 0 aliphatic rings. The van der Waals surface area contributed by atoms with Crippen LogP contribution < -0.4 is 15.9 Å². The zero-order valence-electron chi connectivity index (χ0n) is 11.9. The van der Waals surface area contributed by atoms with E-state index in [9.17, 15) is 4.79 Å². The van der Waals surface area contributed by atoms with Crippen LogP contribution in [0.25, 0.3) is 0 Å². The third-order valence-corrected chi connectivity index (χ3v) is 2.92. The number of amides is 1. The van der Waals surface area contributed by atoms with Crippen molar-refractivity contribution in [2.24, 2.45) is 5.10 Å². The Bertz CT molecular complexity index is 746. The van der Waals surface area contributed by atoms with E-state index in [1.165, 1.54) is 13.3 Å². The van der Waals surface area contributed by atoms with Crippen molar-refractivity contribution >= 4 is 17.8 Å². The Hall–Kier alpha value is -3.33. The minimum absolute atomic E-state index is 0.372. The number of hydrazone groups is 1. The number of anilines is 1. The molecule has 0 radical (unpaired) electrons. The van der Waals surface area contributed by atoms with Gasteiger partial charge in [0.1, 0.15) is 5.75 Å². The molecule has 2 aromatic carbocycles. The van der Waals surface area contributed by atoms with E-state index < -0.39 is 0 Å². The minimum Gasteiger partial charge on any atom is -0.495 e. The zero-order chi connectivity index (χ0) is 15.9. The maximum absolute atomic E-state index is 12.0. The van der Waals surface area contributed by atoms with Gasteiger partial charge in [0.25, 0.3) is 5.91 Å². The van der Waals surface area contributed by atoms with E-state index in [-0.39, 0.29) is 5.91 Å². The highest BCUT2D eigenvalue weighted by molar-refractivity contribution is 5.95. The quantitative estimate of drug-likeness (QED) is 0.511. The van der Waals surface area contributed by atoms with E-state index in [2.05, 4.69) is 10.5 Å². The normalized spacial score (nSPS) is 10.2. The standard InChI is InChI=1S/C16H14N4O2/c1-22-15-8-13(6-7-14(15)18)16(21)20-19-10-12-4-2-11(9-17)3-5-12/h2-8,10H,18H2,1H3,(H,20,21)/b19-10+. The Morgan fingerprint density at radius 2 is 2.05 bits per heavy atom. The molecule has 0 atom stereocenters. The molecule has 0 saturated heterocycles. The molecule has 1 amide bonds. The summed E-state index contributed by atoms with van der Waals surface area (Å²) in [6.45, 7) is 0. The lowest BCUT2D eigenvalue weighted by Crippen LogP contribution is -2.17. The van der Waals surface area contributed by atoms with Gasteiger partial charge in [-0.25, -0.2) is 5.43 Å². The summed E-state index contributed by atoms with van der Waals surface area (Å²) in [6.07, 6.45) is 1.49. The predicted octanol–water partition coefficient (Wildman–Crippen LogP) is 1.91. The van der Waals surface area contributed by atoms with E-state index in [1.54, 1.807) is 42.5 Å². The third-order valence-electron chi connectivity index (χ3n) is 2.92. The molecule has 22 heavy (non-hydrogen) atoms. The number of rotatable bonds is 4. The van der Waals surface area contributed by atoms with Crippen LogP contribution in [-0.2, 0) is 0 Å². The van der Waals surface area contributed by atoms with Crippen LogP contribution >= 0.6 is 0 Å². The fraction of sp³-hybridized carbons (Fsp3) is 0.0625. The molecule has 0 unspecified atom stereocenters. The molecule has 110 valence electrons. The molecule has 0 aliphatic carbocycles. The first kappa shape index (κ1) is 15.1. The van der Waals surface area contributed by atoms with Gasteiger partial charge >= 0.3 is 0 Å². The first-order valence-electron chi connectivity index (χ1n) is 6.41. The Kier molecular flexibility index (Phi) is 4.73. The molecule has 0 fully saturated rings. The Balaban J connectivity index is 2.02. The number of nitrogens with one attached hydrogen (secondary N) is 1. The lowest BCUT2D eigenvalue weighted by molar-refractivity contribution is 0.0955. The SMILES string of the molecule is COc1cc(C(=O)N/N=C/c2ccc(C#N)cc2)ccc1N. The number of carbonyl (C=O) groups is 1. The van der Waals surface area contributed by atoms with Gasteiger partial charge in [0, 0.05) is 5.56 Å². The zero-order valence-corrected chi connectivity index (χ0v) is 11.9. The molecule has 2 aromatic rings. The summed E-state index contributed by atoms with van der Waals surface area (Å²) < 4.78 is 5.06. The average molecular weight is 294 g/mol. The van der Waals surface area contributed by atoms with Crippen molar-refractivity contribution in [2.45, 2.75) is 0 Å². The van der Waals surface area contributed by atoms with Gasteiger partial charge in [-0.2, -0.15) is 10.4 Å². The molecular formula is C16H14N4O2. The van der Waals surface area contributed by atoms with Crippen molar-refractivity contribution in [3.05, 3.63) is 59.2 Å². The summed E-state index contributed by atoms with van der Waals surface area (Å²) in [7, 11) is 1.48. The first-order valence-corrected chi connectivity index (χ1v) is 6.41. The second-order valence-corrected chi connectivity index (χ2v) is 4.39. The minimum atomic E-state index is -0.372. The number of benzene rings is 2. The van der Waals surface area contributed by atoms with Crippen molar-refractivity contribution in [3.8, 4) is 11.8 Å². The molecular weight excluding hydrogens is 280 g/mol. The smallest absolute Gasteiger partial charge is 0.271 e. The third kappa shape index (κ3) is 3.61. The molecule has 3 N–H and O–H groups in total. The number of hydrogen-bond acceptors (Lipinski definition) is 5. The van der Waals surface area contributed by atoms with Crippen LogP contribution in [0.2, 0.25) is 0 Å². The van der Waals surface area contributed by atoms with Crippen molar-refractivity contribution < 1.29 is 9.53 Å². The van der Waals surface area contributed by atoms with Gasteiger partial charge in [0.05, 0.1) is 30.6 Å². The highest BCUT2D eigenvalue weighted by Crippen LogP contribution is 2.21. The van der Waals surface area contributed by atoms with Crippen LogP contribution in [0.1, 0.15) is 21.5 Å². The van der Waals surface area contributed by atoms with Gasteiger partial charge in [-0.05, 0) is 35.9 Å². The maximum atomic E-state index is 12.0. The van der Waals surface area contributed by atoms with E-state index in [1.807, 2.05) is 6.07 Å². The average Bonchev–Trinajstić information content (AvgIpc) is 2.55. The van der Waals surface area contributed by atoms with Gasteiger partial charge in [-0.3, -0.25) is 4.79 Å². The molecule has 0 aliphatic heterocycles. The Morgan fingerprint density at radius 3 is 2.68 bits per heavy atom. The van der Waals surface area contributed by atoms with Gasteiger partial charge < -0.3 is 10.5 Å². The molecule has 0 heterocycles. The van der Waals surface area contributed by atoms with E-state index in [0.717, 1.165) is 5.56 Å². The van der Waals surface area contributed by atoms with Crippen LogP contribution in [-0.4, -0.2) is 19.2 Å². The number of ether oxygens (including phenoxy) is 1. The molecule has 0 saturated carbocycles. The second kappa shape index (κ2) is 6.90. The van der Waals surface area contributed by atoms with Crippen LogP contribution in [0.15, 0.2) is 47.6 Å². The van der Waals surface area contributed by atoms with Gasteiger partial charge in [-0.15, -0.1) is 0 Å². The number of nitrogens with two attached hydrogens (primary N) is 1. The van der Waals surface area contributed by atoms with Crippen LogP contribution in [0, 0.1) is 11.3 Å². The highest BCUT2D eigenvalue weighted by Gasteiger charge is 2.07. The number of hydrogen-bond donors (Lipinski definition) is 2. The van der Waals surface area contributed by atoms with Crippen molar-refractivity contribution in [1.82, 2.24) is 5.43 Å². The first-order chi connectivity index (χ1) is 10.6. The van der Waals surface area contributed by atoms with Gasteiger partial charge in [-0.1, -0.05) is 12.1 Å². The highest BCUT2D eigenvalue weighted by atomic mass is 16.5. The van der Waals surface area contributed by atoms with E-state index in [0.29, 0.717) is 22.6 Å². The van der Waals surface area contributed by atoms with Crippen molar-refractivity contribution in [2.75, 3.05) is 12.8 Å². The lowest BCUT2D eigenvalue weighted by atomic mass is 10.2. The number of nitrogen functional groups attached to an aromatic ring is 1. The number of nitriles is 1. The topological polar surface area (TPSA) is 100 Å². The predicted molar refractivity (Wildman–Crippen MR) is 83.6 cm³/mol. The molecule has 0 spiro atoms. The fourth-order valence-electron chi connectivity index (χ4n) is 1.73. The van der Waals surface area contributed by atoms with Crippen LogP contribution in [0.4, 0.5) is 5.69 Å². The second-order valence-electron chi connectivity index (χ2n) is 4.39. The van der Waals surface area contributed by atoms with Gasteiger partial charge in [0.15, 0.2) is 0 Å². The Morgan fingerprint density at radius 1 is 1.32 bits per heavy atom. The summed E-state index contributed by atoms with van der Waals surface area (Å²) in [4.78, 5) is 12.0. The monoisotopic (exact) mass is 294 g/mol. The van der Waals surface area contributed by atoms with E-state index in [4.69, 9.17) is 15.7 Å². The van der Waals surface area contributed by atoms with Crippen molar-refractivity contribution in [3.63, 3.8) is 0 Å². The van der Waals surface area contributed by atoms with Gasteiger partial charge in [0.2, 0.25) is 0 Å². The summed E-state index contributed by atoms with van der Waals surface area (Å²) in [5.74, 6) is 0.0620. The molecule has 2 rings (SSSR count). The number of carbonyl (C=O) groups excluding carboxylic acids is 1. The number of methoxy groups -OCH3 is 1. The molecule has 6 nitrogen and oxygen atoms in total.